The molecule has 0 saturated heterocycles. The molecule has 1 atom stereocenters. The molecule has 0 spiro atoms. The zero-order valence-electron chi connectivity index (χ0n) is 9.73. The Morgan fingerprint density at radius 2 is 2.38 bits per heavy atom. The maximum absolute atomic E-state index is 11.9. The first-order valence-corrected chi connectivity index (χ1v) is 5.56. The number of rotatable bonds is 3. The molecule has 5 heteroatoms. The zero-order chi connectivity index (χ0) is 11.8. The molecule has 88 valence electrons. The first-order valence-electron chi connectivity index (χ1n) is 5.56. The summed E-state index contributed by atoms with van der Waals surface area (Å²) >= 11 is 0. The molecule has 1 aliphatic rings. The smallest absolute Gasteiger partial charge is 0.242 e. The molecule has 1 aromatic heterocycles. The van der Waals surface area contributed by atoms with Gasteiger partial charge in [0, 0.05) is 24.3 Å². The van der Waals surface area contributed by atoms with Gasteiger partial charge in [-0.15, -0.1) is 0 Å². The number of nitrogens with zero attached hydrogens (tertiary/aromatic N) is 2. The van der Waals surface area contributed by atoms with Gasteiger partial charge in [0.25, 0.3) is 0 Å². The van der Waals surface area contributed by atoms with Crippen molar-refractivity contribution in [3.05, 3.63) is 18.0 Å². The van der Waals surface area contributed by atoms with Crippen LogP contribution in [0.5, 0.6) is 0 Å². The van der Waals surface area contributed by atoms with Crippen molar-refractivity contribution in [3.8, 4) is 0 Å². The Kier molecular flexibility index (Phi) is 2.71. The van der Waals surface area contributed by atoms with Crippen LogP contribution >= 0.6 is 0 Å². The lowest BCUT2D eigenvalue weighted by molar-refractivity contribution is -0.125. The Morgan fingerprint density at radius 1 is 1.69 bits per heavy atom. The van der Waals surface area contributed by atoms with Gasteiger partial charge in [-0.2, -0.15) is 5.10 Å². The van der Waals surface area contributed by atoms with Crippen LogP contribution in [0.15, 0.2) is 12.4 Å². The van der Waals surface area contributed by atoms with E-state index in [9.17, 15) is 4.79 Å². The summed E-state index contributed by atoms with van der Waals surface area (Å²) in [5.74, 6) is -0.116. The van der Waals surface area contributed by atoms with Gasteiger partial charge in [-0.05, 0) is 26.2 Å². The van der Waals surface area contributed by atoms with Crippen molar-refractivity contribution in [2.45, 2.75) is 37.8 Å². The number of carbonyl (C=O) groups is 1. The molecule has 0 aliphatic heterocycles. The molecule has 1 saturated carbocycles. The van der Waals surface area contributed by atoms with Gasteiger partial charge in [-0.25, -0.2) is 0 Å². The summed E-state index contributed by atoms with van der Waals surface area (Å²) in [6.45, 7) is 2.06. The van der Waals surface area contributed by atoms with Crippen LogP contribution in [0.4, 0.5) is 0 Å². The molecule has 1 unspecified atom stereocenters. The molecule has 1 amide bonds. The van der Waals surface area contributed by atoms with Crippen molar-refractivity contribution in [2.75, 3.05) is 0 Å². The summed E-state index contributed by atoms with van der Waals surface area (Å²) in [6, 6.07) is -0.619. The second kappa shape index (κ2) is 3.90. The SMILES string of the molecule is Cn1cc(C(N)C(=O)NC2(C)CCC2)cn1. The van der Waals surface area contributed by atoms with E-state index < -0.39 is 6.04 Å². The van der Waals surface area contributed by atoms with Crippen molar-refractivity contribution >= 4 is 5.91 Å². The van der Waals surface area contributed by atoms with E-state index >= 15 is 0 Å². The molecule has 16 heavy (non-hydrogen) atoms. The maximum atomic E-state index is 11.9. The van der Waals surface area contributed by atoms with E-state index in [0.29, 0.717) is 0 Å². The van der Waals surface area contributed by atoms with Crippen LogP contribution in [0, 0.1) is 0 Å². The lowest BCUT2D eigenvalue weighted by Crippen LogP contribution is -2.53. The molecule has 0 bridgehead atoms. The molecule has 1 aliphatic carbocycles. The Hall–Kier alpha value is -1.36. The minimum Gasteiger partial charge on any atom is -0.349 e. The van der Waals surface area contributed by atoms with Gasteiger partial charge in [0.15, 0.2) is 0 Å². The van der Waals surface area contributed by atoms with E-state index in [2.05, 4.69) is 17.3 Å². The molecule has 5 nitrogen and oxygen atoms in total. The standard InChI is InChI=1S/C11H18N4O/c1-11(4-3-5-11)14-10(16)9(12)8-6-13-15(2)7-8/h6-7,9H,3-5,12H2,1-2H3,(H,14,16). The lowest BCUT2D eigenvalue weighted by Gasteiger charge is -2.39. The number of hydrogen-bond acceptors (Lipinski definition) is 3. The largest absolute Gasteiger partial charge is 0.349 e. The van der Waals surface area contributed by atoms with Crippen LogP contribution < -0.4 is 11.1 Å². The average molecular weight is 222 g/mol. The van der Waals surface area contributed by atoms with Crippen molar-refractivity contribution < 1.29 is 4.79 Å². The van der Waals surface area contributed by atoms with E-state index in [-0.39, 0.29) is 11.4 Å². The van der Waals surface area contributed by atoms with Gasteiger partial charge < -0.3 is 11.1 Å². The average Bonchev–Trinajstić information content (AvgIpc) is 2.61. The van der Waals surface area contributed by atoms with E-state index in [0.717, 1.165) is 18.4 Å². The third-order valence-corrected chi connectivity index (χ3v) is 3.25. The number of carbonyl (C=O) groups excluding carboxylic acids is 1. The summed E-state index contributed by atoms with van der Waals surface area (Å²) in [6.07, 6.45) is 6.66. The van der Waals surface area contributed by atoms with Crippen molar-refractivity contribution in [2.24, 2.45) is 12.8 Å². The van der Waals surface area contributed by atoms with E-state index in [4.69, 9.17) is 5.73 Å². The first-order chi connectivity index (χ1) is 7.50. The summed E-state index contributed by atoms with van der Waals surface area (Å²) < 4.78 is 1.65. The number of nitrogens with one attached hydrogen (secondary N) is 1. The predicted molar refractivity (Wildman–Crippen MR) is 60.5 cm³/mol. The highest BCUT2D eigenvalue weighted by atomic mass is 16.2. The van der Waals surface area contributed by atoms with Crippen LogP contribution in [0.1, 0.15) is 37.8 Å². The topological polar surface area (TPSA) is 72.9 Å². The molecule has 1 heterocycles. The molecular weight excluding hydrogens is 204 g/mol. The molecule has 1 fully saturated rings. The van der Waals surface area contributed by atoms with Crippen molar-refractivity contribution in [1.82, 2.24) is 15.1 Å². The molecule has 1 aromatic rings. The Bertz CT molecular complexity index is 394. The van der Waals surface area contributed by atoms with E-state index in [1.165, 1.54) is 6.42 Å². The third kappa shape index (κ3) is 2.09. The van der Waals surface area contributed by atoms with Gasteiger partial charge in [0.05, 0.1) is 6.20 Å². The second-order valence-corrected chi connectivity index (χ2v) is 4.83. The van der Waals surface area contributed by atoms with Crippen LogP contribution in [0.25, 0.3) is 0 Å². The highest BCUT2D eigenvalue weighted by molar-refractivity contribution is 5.83. The fourth-order valence-corrected chi connectivity index (χ4v) is 1.96. The molecule has 2 rings (SSSR count). The lowest BCUT2D eigenvalue weighted by atomic mass is 9.78. The summed E-state index contributed by atoms with van der Waals surface area (Å²) in [5, 5.41) is 7.01. The maximum Gasteiger partial charge on any atom is 0.242 e. The zero-order valence-corrected chi connectivity index (χ0v) is 9.73. The number of hydrogen-bond donors (Lipinski definition) is 2. The molecular formula is C11H18N4O. The highest BCUT2D eigenvalue weighted by Crippen LogP contribution is 2.31. The number of aromatic nitrogens is 2. The van der Waals surface area contributed by atoms with Crippen LogP contribution in [0.2, 0.25) is 0 Å². The monoisotopic (exact) mass is 222 g/mol. The van der Waals surface area contributed by atoms with Gasteiger partial charge in [-0.1, -0.05) is 0 Å². The van der Waals surface area contributed by atoms with Gasteiger partial charge in [-0.3, -0.25) is 9.48 Å². The number of aryl methyl sites for hydroxylation is 1. The molecule has 0 aromatic carbocycles. The second-order valence-electron chi connectivity index (χ2n) is 4.83. The minimum absolute atomic E-state index is 0.0447. The van der Waals surface area contributed by atoms with Gasteiger partial charge >= 0.3 is 0 Å². The summed E-state index contributed by atoms with van der Waals surface area (Å²) in [4.78, 5) is 11.9. The van der Waals surface area contributed by atoms with Crippen molar-refractivity contribution in [3.63, 3.8) is 0 Å². The summed E-state index contributed by atoms with van der Waals surface area (Å²) in [5.41, 5.74) is 6.58. The number of nitrogens with two attached hydrogens (primary N) is 1. The quantitative estimate of drug-likeness (QED) is 0.781. The van der Waals surface area contributed by atoms with Crippen LogP contribution in [-0.2, 0) is 11.8 Å². The highest BCUT2D eigenvalue weighted by Gasteiger charge is 2.34. The normalized spacial score (nSPS) is 19.9. The summed E-state index contributed by atoms with van der Waals surface area (Å²) in [7, 11) is 1.81. The minimum atomic E-state index is -0.619. The van der Waals surface area contributed by atoms with E-state index in [1.54, 1.807) is 24.1 Å². The Morgan fingerprint density at radius 3 is 2.81 bits per heavy atom. The van der Waals surface area contributed by atoms with Gasteiger partial charge in [0.2, 0.25) is 5.91 Å². The molecule has 0 radical (unpaired) electrons. The predicted octanol–water partition coefficient (Wildman–Crippen LogP) is 0.479. The Balaban J connectivity index is 1.99. The van der Waals surface area contributed by atoms with Crippen LogP contribution in [0.3, 0.4) is 0 Å². The van der Waals surface area contributed by atoms with Crippen LogP contribution in [-0.4, -0.2) is 21.2 Å². The molecule has 3 N–H and O–H groups in total. The van der Waals surface area contributed by atoms with Crippen molar-refractivity contribution in [1.29, 1.82) is 0 Å². The van der Waals surface area contributed by atoms with Gasteiger partial charge in [0.1, 0.15) is 6.04 Å². The number of amides is 1. The first kappa shape index (κ1) is 11.1. The third-order valence-electron chi connectivity index (χ3n) is 3.25. The fraction of sp³-hybridized carbons (Fsp3) is 0.636. The Labute approximate surface area is 95.0 Å². The van der Waals surface area contributed by atoms with E-state index in [1.807, 2.05) is 0 Å². The fourth-order valence-electron chi connectivity index (χ4n) is 1.96.